The first-order valence-corrected chi connectivity index (χ1v) is 9.73. The molecule has 1 heterocycles. The maximum atomic E-state index is 14.4. The van der Waals surface area contributed by atoms with Crippen LogP contribution in [0, 0.1) is 5.82 Å². The van der Waals surface area contributed by atoms with Gasteiger partial charge in [-0.2, -0.15) is 4.72 Å². The third-order valence-electron chi connectivity index (χ3n) is 4.25. The number of nitrogens with one attached hydrogen (secondary N) is 1. The smallest absolute Gasteiger partial charge is 0.241 e. The number of halogens is 1. The standard InChI is InChI=1S/C19H20FN3O2S/c1-3-14-8-10-15(11-9-14)26(24,25)22-18(19-21-12-13-23(19)2)16-6-4-5-7-17(16)20/h4-13,18,22H,3H2,1-2H3/t18-/m1/s1. The van der Waals surface area contributed by atoms with E-state index in [1.54, 1.807) is 66.5 Å². The van der Waals surface area contributed by atoms with Crippen LogP contribution in [0.15, 0.2) is 65.8 Å². The van der Waals surface area contributed by atoms with Gasteiger partial charge in [0.05, 0.1) is 4.90 Å². The van der Waals surface area contributed by atoms with E-state index in [9.17, 15) is 12.8 Å². The molecule has 0 aliphatic rings. The minimum absolute atomic E-state index is 0.130. The molecular formula is C19H20FN3O2S. The topological polar surface area (TPSA) is 64.0 Å². The summed E-state index contributed by atoms with van der Waals surface area (Å²) in [6, 6.07) is 11.8. The van der Waals surface area contributed by atoms with Crippen molar-refractivity contribution in [2.24, 2.45) is 7.05 Å². The number of benzene rings is 2. The van der Waals surface area contributed by atoms with Crippen LogP contribution in [-0.4, -0.2) is 18.0 Å². The molecule has 0 unspecified atom stereocenters. The van der Waals surface area contributed by atoms with Gasteiger partial charge in [-0.05, 0) is 30.2 Å². The lowest BCUT2D eigenvalue weighted by atomic mass is 10.1. The van der Waals surface area contributed by atoms with Crippen LogP contribution in [0.2, 0.25) is 0 Å². The molecule has 136 valence electrons. The first-order chi connectivity index (χ1) is 12.4. The molecule has 0 bridgehead atoms. The van der Waals surface area contributed by atoms with Crippen LogP contribution >= 0.6 is 0 Å². The van der Waals surface area contributed by atoms with E-state index >= 15 is 0 Å². The summed E-state index contributed by atoms with van der Waals surface area (Å²) in [5, 5.41) is 0. The van der Waals surface area contributed by atoms with Gasteiger partial charge >= 0.3 is 0 Å². The molecule has 1 atom stereocenters. The zero-order valence-corrected chi connectivity index (χ0v) is 15.4. The molecule has 0 saturated heterocycles. The summed E-state index contributed by atoms with van der Waals surface area (Å²) in [6.07, 6.45) is 4.06. The van der Waals surface area contributed by atoms with Gasteiger partial charge in [0, 0.05) is 25.0 Å². The Morgan fingerprint density at radius 1 is 1.15 bits per heavy atom. The van der Waals surface area contributed by atoms with Crippen molar-refractivity contribution in [3.05, 3.63) is 83.7 Å². The van der Waals surface area contributed by atoms with E-state index in [0.717, 1.165) is 12.0 Å². The zero-order chi connectivity index (χ0) is 18.7. The summed E-state index contributed by atoms with van der Waals surface area (Å²) in [5.41, 5.74) is 1.26. The highest BCUT2D eigenvalue weighted by Gasteiger charge is 2.27. The van der Waals surface area contributed by atoms with Crippen molar-refractivity contribution in [2.75, 3.05) is 0 Å². The van der Waals surface area contributed by atoms with E-state index in [-0.39, 0.29) is 10.5 Å². The van der Waals surface area contributed by atoms with E-state index in [1.165, 1.54) is 6.07 Å². The molecule has 3 aromatic rings. The van der Waals surface area contributed by atoms with Gasteiger partial charge < -0.3 is 4.57 Å². The maximum absolute atomic E-state index is 14.4. The van der Waals surface area contributed by atoms with Gasteiger partial charge in [-0.1, -0.05) is 37.3 Å². The van der Waals surface area contributed by atoms with E-state index in [2.05, 4.69) is 9.71 Å². The number of aryl methyl sites for hydroxylation is 2. The largest absolute Gasteiger partial charge is 0.336 e. The van der Waals surface area contributed by atoms with Crippen molar-refractivity contribution >= 4 is 10.0 Å². The highest BCUT2D eigenvalue weighted by molar-refractivity contribution is 7.89. The summed E-state index contributed by atoms with van der Waals surface area (Å²) in [6.45, 7) is 2.00. The lowest BCUT2D eigenvalue weighted by molar-refractivity contribution is 0.545. The molecule has 0 amide bonds. The third-order valence-corrected chi connectivity index (χ3v) is 5.69. The maximum Gasteiger partial charge on any atom is 0.241 e. The quantitative estimate of drug-likeness (QED) is 0.722. The van der Waals surface area contributed by atoms with Crippen LogP contribution in [0.1, 0.15) is 29.9 Å². The number of sulfonamides is 1. The van der Waals surface area contributed by atoms with Crippen molar-refractivity contribution in [1.29, 1.82) is 0 Å². The third kappa shape index (κ3) is 3.68. The Labute approximate surface area is 152 Å². The molecule has 0 fully saturated rings. The Hall–Kier alpha value is -2.51. The van der Waals surface area contributed by atoms with Gasteiger partial charge in [0.25, 0.3) is 0 Å². The van der Waals surface area contributed by atoms with Crippen LogP contribution < -0.4 is 4.72 Å². The fourth-order valence-corrected chi connectivity index (χ4v) is 3.92. The predicted octanol–water partition coefficient (Wildman–Crippen LogP) is 3.19. The summed E-state index contributed by atoms with van der Waals surface area (Å²) in [7, 11) is -2.13. The summed E-state index contributed by atoms with van der Waals surface area (Å²) < 4.78 is 44.4. The van der Waals surface area contributed by atoms with Gasteiger partial charge in [0.2, 0.25) is 10.0 Å². The van der Waals surface area contributed by atoms with Crippen LogP contribution in [0.5, 0.6) is 0 Å². The Morgan fingerprint density at radius 3 is 2.42 bits per heavy atom. The monoisotopic (exact) mass is 373 g/mol. The SMILES string of the molecule is CCc1ccc(S(=O)(=O)N[C@H](c2ccccc2F)c2nccn2C)cc1. The molecular weight excluding hydrogens is 353 g/mol. The molecule has 1 N–H and O–H groups in total. The lowest BCUT2D eigenvalue weighted by Crippen LogP contribution is -2.31. The zero-order valence-electron chi connectivity index (χ0n) is 14.6. The van der Waals surface area contributed by atoms with Gasteiger partial charge in [-0.3, -0.25) is 0 Å². The highest BCUT2D eigenvalue weighted by Crippen LogP contribution is 2.25. The second kappa shape index (κ2) is 7.39. The second-order valence-corrected chi connectivity index (χ2v) is 7.68. The van der Waals surface area contributed by atoms with E-state index < -0.39 is 21.9 Å². The van der Waals surface area contributed by atoms with Gasteiger partial charge in [0.1, 0.15) is 17.7 Å². The van der Waals surface area contributed by atoms with Gasteiger partial charge in [-0.15, -0.1) is 0 Å². The summed E-state index contributed by atoms with van der Waals surface area (Å²) >= 11 is 0. The van der Waals surface area contributed by atoms with Crippen molar-refractivity contribution in [1.82, 2.24) is 14.3 Å². The molecule has 3 rings (SSSR count). The van der Waals surface area contributed by atoms with Crippen LogP contribution in [0.25, 0.3) is 0 Å². The van der Waals surface area contributed by atoms with Crippen molar-refractivity contribution in [3.8, 4) is 0 Å². The average molecular weight is 373 g/mol. The predicted molar refractivity (Wildman–Crippen MR) is 97.6 cm³/mol. The highest BCUT2D eigenvalue weighted by atomic mass is 32.2. The number of aromatic nitrogens is 2. The molecule has 0 saturated carbocycles. The molecule has 5 nitrogen and oxygen atoms in total. The number of hydrogen-bond donors (Lipinski definition) is 1. The fourth-order valence-electron chi connectivity index (χ4n) is 2.75. The Bertz CT molecular complexity index is 998. The minimum Gasteiger partial charge on any atom is -0.336 e. The molecule has 1 aromatic heterocycles. The van der Waals surface area contributed by atoms with Crippen molar-refractivity contribution < 1.29 is 12.8 Å². The molecule has 0 aliphatic carbocycles. The first kappa shape index (κ1) is 18.3. The van der Waals surface area contributed by atoms with E-state index in [4.69, 9.17) is 0 Å². The van der Waals surface area contributed by atoms with E-state index in [1.807, 2.05) is 6.92 Å². The van der Waals surface area contributed by atoms with Gasteiger partial charge in [-0.25, -0.2) is 17.8 Å². The summed E-state index contributed by atoms with van der Waals surface area (Å²) in [4.78, 5) is 4.34. The molecule has 0 spiro atoms. The summed E-state index contributed by atoms with van der Waals surface area (Å²) in [5.74, 6) is -0.0895. The second-order valence-electron chi connectivity index (χ2n) is 5.97. The van der Waals surface area contributed by atoms with Crippen LogP contribution in [0.3, 0.4) is 0 Å². The Kier molecular flexibility index (Phi) is 5.20. The minimum atomic E-state index is -3.86. The molecule has 0 aliphatic heterocycles. The average Bonchev–Trinajstić information content (AvgIpc) is 3.06. The first-order valence-electron chi connectivity index (χ1n) is 8.25. The molecule has 7 heteroatoms. The number of nitrogens with zero attached hydrogens (tertiary/aromatic N) is 2. The fraction of sp³-hybridized carbons (Fsp3) is 0.211. The van der Waals surface area contributed by atoms with Crippen LogP contribution in [0.4, 0.5) is 4.39 Å². The Morgan fingerprint density at radius 2 is 1.85 bits per heavy atom. The Balaban J connectivity index is 2.03. The number of rotatable bonds is 6. The molecule has 26 heavy (non-hydrogen) atoms. The normalized spacial score (nSPS) is 12.9. The van der Waals surface area contributed by atoms with Crippen molar-refractivity contribution in [2.45, 2.75) is 24.3 Å². The van der Waals surface area contributed by atoms with Crippen molar-refractivity contribution in [3.63, 3.8) is 0 Å². The van der Waals surface area contributed by atoms with Gasteiger partial charge in [0.15, 0.2) is 0 Å². The number of imidazole rings is 1. The number of hydrogen-bond acceptors (Lipinski definition) is 3. The molecule has 2 aromatic carbocycles. The molecule has 0 radical (unpaired) electrons. The van der Waals surface area contributed by atoms with Crippen LogP contribution in [-0.2, 0) is 23.5 Å². The lowest BCUT2D eigenvalue weighted by Gasteiger charge is -2.20. The van der Waals surface area contributed by atoms with E-state index in [0.29, 0.717) is 5.82 Å².